The lowest BCUT2D eigenvalue weighted by atomic mass is 10.1. The fourth-order valence-electron chi connectivity index (χ4n) is 1.87. The van der Waals surface area contributed by atoms with Crippen LogP contribution in [0, 0.1) is 13.8 Å². The van der Waals surface area contributed by atoms with Crippen LogP contribution in [0.15, 0.2) is 53.9 Å². The maximum Gasteiger partial charge on any atom is 0.332 e. The summed E-state index contributed by atoms with van der Waals surface area (Å²) < 4.78 is 28.8. The quantitative estimate of drug-likeness (QED) is 0.806. The summed E-state index contributed by atoms with van der Waals surface area (Å²) >= 11 is 0. The zero-order valence-corrected chi connectivity index (χ0v) is 12.2. The zero-order valence-electron chi connectivity index (χ0n) is 11.4. The second-order valence-electron chi connectivity index (χ2n) is 4.61. The second kappa shape index (κ2) is 5.92. The highest BCUT2D eigenvalue weighted by molar-refractivity contribution is 7.90. The van der Waals surface area contributed by atoms with Gasteiger partial charge in [0.05, 0.1) is 5.41 Å². The Labute approximate surface area is 119 Å². The van der Waals surface area contributed by atoms with Gasteiger partial charge in [0, 0.05) is 0 Å². The van der Waals surface area contributed by atoms with Crippen molar-refractivity contribution in [1.29, 1.82) is 0 Å². The summed E-state index contributed by atoms with van der Waals surface area (Å²) in [5, 5.41) is 1.07. The van der Waals surface area contributed by atoms with Crippen LogP contribution in [0.5, 0.6) is 5.75 Å². The second-order valence-corrected chi connectivity index (χ2v) is 6.04. The maximum atomic E-state index is 11.9. The molecule has 0 aliphatic heterocycles. The summed E-state index contributed by atoms with van der Waals surface area (Å²) in [5.41, 5.74) is 2.73. The molecular weight excluding hydrogens is 272 g/mol. The van der Waals surface area contributed by atoms with Crippen LogP contribution in [0.1, 0.15) is 16.7 Å². The maximum absolute atomic E-state index is 11.9. The summed E-state index contributed by atoms with van der Waals surface area (Å²) in [4.78, 5) is 0. The van der Waals surface area contributed by atoms with Crippen molar-refractivity contribution in [2.24, 2.45) is 0 Å². The predicted octanol–water partition coefficient (Wildman–Crippen LogP) is 3.68. The van der Waals surface area contributed by atoms with Crippen molar-refractivity contribution >= 4 is 16.2 Å². The van der Waals surface area contributed by atoms with Crippen LogP contribution in [-0.4, -0.2) is 8.42 Å². The van der Waals surface area contributed by atoms with Crippen LogP contribution >= 0.6 is 0 Å². The molecule has 0 saturated carbocycles. The third kappa shape index (κ3) is 4.24. The van der Waals surface area contributed by atoms with Gasteiger partial charge < -0.3 is 4.18 Å². The first-order valence-corrected chi connectivity index (χ1v) is 7.68. The van der Waals surface area contributed by atoms with Crippen molar-refractivity contribution in [1.82, 2.24) is 0 Å². The molecule has 20 heavy (non-hydrogen) atoms. The van der Waals surface area contributed by atoms with E-state index in [1.165, 1.54) is 6.08 Å². The summed E-state index contributed by atoms with van der Waals surface area (Å²) in [6, 6.07) is 14.6. The summed E-state index contributed by atoms with van der Waals surface area (Å²) in [5.74, 6) is 0.334. The smallest absolute Gasteiger partial charge is 0.332 e. The third-order valence-corrected chi connectivity index (χ3v) is 3.53. The number of hydrogen-bond donors (Lipinski definition) is 0. The fourth-order valence-corrected chi connectivity index (χ4v) is 2.61. The van der Waals surface area contributed by atoms with Crippen molar-refractivity contribution in [3.8, 4) is 5.75 Å². The van der Waals surface area contributed by atoms with Crippen molar-refractivity contribution in [2.45, 2.75) is 13.8 Å². The van der Waals surface area contributed by atoms with Gasteiger partial charge in [-0.3, -0.25) is 0 Å². The molecule has 0 atom stereocenters. The minimum Gasteiger partial charge on any atom is -0.379 e. The Morgan fingerprint density at radius 2 is 1.55 bits per heavy atom. The molecule has 2 aromatic rings. The van der Waals surface area contributed by atoms with Crippen molar-refractivity contribution in [2.75, 3.05) is 0 Å². The summed E-state index contributed by atoms with van der Waals surface area (Å²) in [7, 11) is -3.75. The molecule has 0 aromatic heterocycles. The first kappa shape index (κ1) is 14.3. The third-order valence-electron chi connectivity index (χ3n) is 2.63. The SMILES string of the molecule is Cc1cc(C)cc(OS(=O)(=O)/C=C/c2ccccc2)c1. The molecule has 0 bridgehead atoms. The van der Waals surface area contributed by atoms with E-state index in [0.717, 1.165) is 22.1 Å². The van der Waals surface area contributed by atoms with Gasteiger partial charge in [0.1, 0.15) is 5.75 Å². The number of aryl methyl sites for hydroxylation is 2. The Morgan fingerprint density at radius 1 is 0.950 bits per heavy atom. The van der Waals surface area contributed by atoms with Crippen LogP contribution in [-0.2, 0) is 10.1 Å². The molecule has 0 aliphatic carbocycles. The Kier molecular flexibility index (Phi) is 4.25. The lowest BCUT2D eigenvalue weighted by Crippen LogP contribution is -2.05. The zero-order chi connectivity index (χ0) is 14.6. The minimum atomic E-state index is -3.75. The van der Waals surface area contributed by atoms with E-state index in [1.54, 1.807) is 12.1 Å². The average Bonchev–Trinajstić information content (AvgIpc) is 2.36. The number of benzene rings is 2. The van der Waals surface area contributed by atoms with Gasteiger partial charge in [-0.15, -0.1) is 0 Å². The van der Waals surface area contributed by atoms with Crippen LogP contribution in [0.3, 0.4) is 0 Å². The van der Waals surface area contributed by atoms with Gasteiger partial charge in [-0.2, -0.15) is 8.42 Å². The Balaban J connectivity index is 2.17. The van der Waals surface area contributed by atoms with Gasteiger partial charge in [0.15, 0.2) is 0 Å². The summed E-state index contributed by atoms with van der Waals surface area (Å²) in [6.45, 7) is 3.79. The molecule has 0 radical (unpaired) electrons. The van der Waals surface area contributed by atoms with E-state index in [2.05, 4.69) is 0 Å². The lowest BCUT2D eigenvalue weighted by molar-refractivity contribution is 0.496. The van der Waals surface area contributed by atoms with Crippen LogP contribution < -0.4 is 4.18 Å². The highest BCUT2D eigenvalue weighted by Crippen LogP contribution is 2.18. The lowest BCUT2D eigenvalue weighted by Gasteiger charge is -2.05. The van der Waals surface area contributed by atoms with E-state index in [9.17, 15) is 8.42 Å². The number of hydrogen-bond acceptors (Lipinski definition) is 3. The van der Waals surface area contributed by atoms with Gasteiger partial charge in [-0.1, -0.05) is 36.4 Å². The van der Waals surface area contributed by atoms with E-state index in [4.69, 9.17) is 4.18 Å². The van der Waals surface area contributed by atoms with Gasteiger partial charge >= 0.3 is 10.1 Å². The average molecular weight is 288 g/mol. The van der Waals surface area contributed by atoms with Crippen molar-refractivity contribution in [3.63, 3.8) is 0 Å². The van der Waals surface area contributed by atoms with Gasteiger partial charge in [0.2, 0.25) is 0 Å². The molecule has 0 saturated heterocycles. The molecule has 0 unspecified atom stereocenters. The van der Waals surface area contributed by atoms with Crippen LogP contribution in [0.25, 0.3) is 6.08 Å². The Morgan fingerprint density at radius 3 is 2.15 bits per heavy atom. The van der Waals surface area contributed by atoms with E-state index in [-0.39, 0.29) is 0 Å². The molecule has 4 heteroatoms. The normalized spacial score (nSPS) is 11.7. The van der Waals surface area contributed by atoms with E-state index in [0.29, 0.717) is 5.75 Å². The molecule has 2 aromatic carbocycles. The monoisotopic (exact) mass is 288 g/mol. The van der Waals surface area contributed by atoms with Gasteiger partial charge in [0.25, 0.3) is 0 Å². The molecule has 0 amide bonds. The molecule has 104 valence electrons. The molecule has 0 fully saturated rings. The first-order chi connectivity index (χ1) is 9.44. The summed E-state index contributed by atoms with van der Waals surface area (Å²) in [6.07, 6.45) is 1.51. The molecular formula is C16H16O3S. The van der Waals surface area contributed by atoms with E-state index in [1.807, 2.05) is 50.2 Å². The molecule has 2 rings (SSSR count). The predicted molar refractivity (Wildman–Crippen MR) is 80.9 cm³/mol. The van der Waals surface area contributed by atoms with Crippen molar-refractivity contribution < 1.29 is 12.6 Å². The van der Waals surface area contributed by atoms with Crippen LogP contribution in [0.4, 0.5) is 0 Å². The minimum absolute atomic E-state index is 0.334. The molecule has 0 heterocycles. The highest BCUT2D eigenvalue weighted by Gasteiger charge is 2.08. The number of rotatable bonds is 4. The van der Waals surface area contributed by atoms with Crippen molar-refractivity contribution in [3.05, 3.63) is 70.6 Å². The Bertz CT molecular complexity index is 696. The molecule has 3 nitrogen and oxygen atoms in total. The Hall–Kier alpha value is -2.07. The van der Waals surface area contributed by atoms with E-state index >= 15 is 0 Å². The molecule has 0 aliphatic rings. The molecule has 0 N–H and O–H groups in total. The standard InChI is InChI=1S/C16H16O3S/c1-13-10-14(2)12-16(11-13)19-20(17,18)9-8-15-6-4-3-5-7-15/h3-12H,1-2H3/b9-8+. The fraction of sp³-hybridized carbons (Fsp3) is 0.125. The first-order valence-electron chi connectivity index (χ1n) is 6.20. The molecule has 0 spiro atoms. The topological polar surface area (TPSA) is 43.4 Å². The van der Waals surface area contributed by atoms with Gasteiger partial charge in [-0.25, -0.2) is 0 Å². The largest absolute Gasteiger partial charge is 0.379 e. The van der Waals surface area contributed by atoms with E-state index < -0.39 is 10.1 Å². The van der Waals surface area contributed by atoms with Gasteiger partial charge in [-0.05, 0) is 48.7 Å². The van der Waals surface area contributed by atoms with Crippen LogP contribution in [0.2, 0.25) is 0 Å². The highest BCUT2D eigenvalue weighted by atomic mass is 32.2.